The Morgan fingerprint density at radius 3 is 2.32 bits per heavy atom. The first kappa shape index (κ1) is 13.6. The number of amides is 1. The van der Waals surface area contributed by atoms with Crippen LogP contribution in [0.2, 0.25) is 0 Å². The van der Waals surface area contributed by atoms with Crippen LogP contribution in [0.3, 0.4) is 0 Å². The normalized spacial score (nSPS) is 23.2. The van der Waals surface area contributed by atoms with Gasteiger partial charge in [-0.15, -0.1) is 0 Å². The molecule has 4 nitrogen and oxygen atoms in total. The molecule has 2 atom stereocenters. The molecule has 4 heteroatoms. The third kappa shape index (κ3) is 2.62. The predicted octanol–water partition coefficient (Wildman–Crippen LogP) is 1.90. The van der Waals surface area contributed by atoms with Crippen LogP contribution in [0, 0.1) is 5.92 Å². The number of benzene rings is 1. The van der Waals surface area contributed by atoms with Gasteiger partial charge in [0.05, 0.1) is 0 Å². The highest BCUT2D eigenvalue weighted by Gasteiger charge is 2.41. The molecular weight excluding hydrogens is 242 g/mol. The largest absolute Gasteiger partial charge is 0.481 e. The van der Waals surface area contributed by atoms with Crippen molar-refractivity contribution in [1.29, 1.82) is 0 Å². The Kier molecular flexibility index (Phi) is 3.35. The Balaban J connectivity index is 2.28. The summed E-state index contributed by atoms with van der Waals surface area (Å²) >= 11 is 0. The first-order valence-corrected chi connectivity index (χ1v) is 6.41. The summed E-state index contributed by atoms with van der Waals surface area (Å²) in [5.41, 5.74) is 2.16. The smallest absolute Gasteiger partial charge is 0.316 e. The van der Waals surface area contributed by atoms with E-state index >= 15 is 0 Å². The molecule has 19 heavy (non-hydrogen) atoms. The van der Waals surface area contributed by atoms with Crippen molar-refractivity contribution in [1.82, 2.24) is 5.32 Å². The average Bonchev–Trinajstić information content (AvgIpc) is 2.70. The molecule has 0 spiro atoms. The molecule has 2 N–H and O–H groups in total. The first-order valence-electron chi connectivity index (χ1n) is 6.41. The number of carbonyl (C=O) groups excluding carboxylic acids is 1. The highest BCUT2D eigenvalue weighted by Crippen LogP contribution is 2.31. The van der Waals surface area contributed by atoms with E-state index in [1.807, 2.05) is 24.3 Å². The van der Waals surface area contributed by atoms with Crippen LogP contribution in [0.15, 0.2) is 24.3 Å². The summed E-state index contributed by atoms with van der Waals surface area (Å²) in [5, 5.41) is 11.8. The fraction of sp³-hybridized carbons (Fsp3) is 0.467. The van der Waals surface area contributed by atoms with E-state index in [1.54, 1.807) is 0 Å². The fourth-order valence-corrected chi connectivity index (χ4v) is 2.45. The lowest BCUT2D eigenvalue weighted by Crippen LogP contribution is -2.26. The van der Waals surface area contributed by atoms with Crippen LogP contribution >= 0.6 is 0 Å². The van der Waals surface area contributed by atoms with Crippen molar-refractivity contribution in [3.05, 3.63) is 35.4 Å². The maximum absolute atomic E-state index is 11.5. The van der Waals surface area contributed by atoms with Gasteiger partial charge in [0.25, 0.3) is 0 Å². The molecular formula is C15H19NO3. The van der Waals surface area contributed by atoms with Crippen molar-refractivity contribution in [2.24, 2.45) is 5.92 Å². The summed E-state index contributed by atoms with van der Waals surface area (Å²) in [7, 11) is 0. The molecule has 1 fully saturated rings. The minimum atomic E-state index is -1.06. The van der Waals surface area contributed by atoms with Crippen LogP contribution in [0.4, 0.5) is 0 Å². The van der Waals surface area contributed by atoms with Crippen molar-refractivity contribution < 1.29 is 14.7 Å². The van der Waals surface area contributed by atoms with Gasteiger partial charge in [-0.05, 0) is 16.5 Å². The van der Waals surface area contributed by atoms with Gasteiger partial charge in [-0.3, -0.25) is 9.59 Å². The van der Waals surface area contributed by atoms with Crippen molar-refractivity contribution in [3.8, 4) is 0 Å². The molecule has 0 aliphatic carbocycles. The minimum Gasteiger partial charge on any atom is -0.481 e. The number of carboxylic acid groups (broad SMARTS) is 1. The zero-order valence-corrected chi connectivity index (χ0v) is 11.4. The van der Waals surface area contributed by atoms with Crippen molar-refractivity contribution in [2.45, 2.75) is 32.1 Å². The zero-order chi connectivity index (χ0) is 14.2. The van der Waals surface area contributed by atoms with E-state index in [-0.39, 0.29) is 11.3 Å². The fourth-order valence-electron chi connectivity index (χ4n) is 2.45. The van der Waals surface area contributed by atoms with Crippen molar-refractivity contribution in [2.75, 3.05) is 6.54 Å². The molecule has 1 heterocycles. The molecule has 0 saturated carbocycles. The molecule has 0 radical (unpaired) electrons. The van der Waals surface area contributed by atoms with Gasteiger partial charge in [-0.1, -0.05) is 45.0 Å². The van der Waals surface area contributed by atoms with Gasteiger partial charge in [-0.2, -0.15) is 0 Å². The molecule has 1 aliphatic heterocycles. The zero-order valence-electron chi connectivity index (χ0n) is 11.4. The van der Waals surface area contributed by atoms with E-state index in [2.05, 4.69) is 26.1 Å². The molecule has 1 aliphatic rings. The Bertz CT molecular complexity index is 499. The molecule has 0 aromatic heterocycles. The number of nitrogens with one attached hydrogen (secondary N) is 1. The SMILES string of the molecule is CC(C)(C)c1ccc([C@@H]2CNC(=O)[C@@H]2C(=O)O)cc1. The topological polar surface area (TPSA) is 66.4 Å². The summed E-state index contributed by atoms with van der Waals surface area (Å²) in [4.78, 5) is 22.7. The highest BCUT2D eigenvalue weighted by atomic mass is 16.4. The summed E-state index contributed by atoms with van der Waals surface area (Å²) in [6.45, 7) is 6.78. The lowest BCUT2D eigenvalue weighted by atomic mass is 9.83. The first-order chi connectivity index (χ1) is 8.80. The Morgan fingerprint density at radius 1 is 1.26 bits per heavy atom. The van der Waals surface area contributed by atoms with E-state index in [4.69, 9.17) is 5.11 Å². The van der Waals surface area contributed by atoms with Crippen LogP contribution in [0.1, 0.15) is 37.8 Å². The van der Waals surface area contributed by atoms with Crippen molar-refractivity contribution in [3.63, 3.8) is 0 Å². The number of rotatable bonds is 2. The lowest BCUT2D eigenvalue weighted by Gasteiger charge is -2.20. The molecule has 1 aromatic carbocycles. The number of carboxylic acids is 1. The van der Waals surface area contributed by atoms with E-state index in [1.165, 1.54) is 5.56 Å². The van der Waals surface area contributed by atoms with Gasteiger partial charge in [0.1, 0.15) is 5.92 Å². The molecule has 102 valence electrons. The van der Waals surface area contributed by atoms with Gasteiger partial charge in [0.15, 0.2) is 0 Å². The second-order valence-corrected chi connectivity index (χ2v) is 6.04. The van der Waals surface area contributed by atoms with Gasteiger partial charge in [0, 0.05) is 12.5 Å². The standard InChI is InChI=1S/C15H19NO3/c1-15(2,3)10-6-4-9(5-7-10)11-8-16-13(17)12(11)14(18)19/h4-7,11-12H,8H2,1-3H3,(H,16,17)(H,18,19)/t11-,12+/m0/s1. The molecule has 0 bridgehead atoms. The monoisotopic (exact) mass is 261 g/mol. The van der Waals surface area contributed by atoms with Gasteiger partial charge in [0.2, 0.25) is 5.91 Å². The van der Waals surface area contributed by atoms with Crippen molar-refractivity contribution >= 4 is 11.9 Å². The van der Waals surface area contributed by atoms with Gasteiger partial charge in [-0.25, -0.2) is 0 Å². The maximum atomic E-state index is 11.5. The average molecular weight is 261 g/mol. The van der Waals surface area contributed by atoms with Gasteiger partial charge < -0.3 is 10.4 Å². The number of carbonyl (C=O) groups is 2. The molecule has 2 rings (SSSR count). The molecule has 1 amide bonds. The highest BCUT2D eigenvalue weighted by molar-refractivity contribution is 5.99. The summed E-state index contributed by atoms with van der Waals surface area (Å²) in [6, 6.07) is 7.89. The third-order valence-electron chi connectivity index (χ3n) is 3.65. The summed E-state index contributed by atoms with van der Waals surface area (Å²) in [5.74, 6) is -2.70. The molecule has 0 unspecified atom stereocenters. The van der Waals surface area contributed by atoms with Crippen LogP contribution in [0.5, 0.6) is 0 Å². The number of aliphatic carboxylic acids is 1. The Hall–Kier alpha value is -1.84. The second kappa shape index (κ2) is 4.68. The third-order valence-corrected chi connectivity index (χ3v) is 3.65. The summed E-state index contributed by atoms with van der Waals surface area (Å²) < 4.78 is 0. The maximum Gasteiger partial charge on any atom is 0.316 e. The predicted molar refractivity (Wildman–Crippen MR) is 72.0 cm³/mol. The van der Waals surface area contributed by atoms with Crippen LogP contribution < -0.4 is 5.32 Å². The lowest BCUT2D eigenvalue weighted by molar-refractivity contribution is -0.145. The second-order valence-electron chi connectivity index (χ2n) is 6.04. The van der Waals surface area contributed by atoms with E-state index in [0.717, 1.165) is 5.56 Å². The van der Waals surface area contributed by atoms with E-state index < -0.39 is 17.8 Å². The van der Waals surface area contributed by atoms with Crippen LogP contribution in [-0.2, 0) is 15.0 Å². The minimum absolute atomic E-state index is 0.0640. The van der Waals surface area contributed by atoms with Crippen LogP contribution in [0.25, 0.3) is 0 Å². The van der Waals surface area contributed by atoms with Crippen LogP contribution in [-0.4, -0.2) is 23.5 Å². The quantitative estimate of drug-likeness (QED) is 0.799. The Labute approximate surface area is 112 Å². The Morgan fingerprint density at radius 2 is 1.84 bits per heavy atom. The summed E-state index contributed by atoms with van der Waals surface area (Å²) in [6.07, 6.45) is 0. The number of hydrogen-bond donors (Lipinski definition) is 2. The molecule has 1 aromatic rings. The van der Waals surface area contributed by atoms with E-state index in [0.29, 0.717) is 6.54 Å². The molecule has 1 saturated heterocycles. The number of hydrogen-bond acceptors (Lipinski definition) is 2. The van der Waals surface area contributed by atoms with Gasteiger partial charge >= 0.3 is 5.97 Å². The van der Waals surface area contributed by atoms with E-state index in [9.17, 15) is 9.59 Å².